The molecule has 0 spiro atoms. The van der Waals surface area contributed by atoms with Crippen LogP contribution in [-0.2, 0) is 16.2 Å². The van der Waals surface area contributed by atoms with E-state index in [9.17, 15) is 21.6 Å². The molecule has 3 rings (SSSR count). The zero-order chi connectivity index (χ0) is 25.5. The molecule has 34 heavy (non-hydrogen) atoms. The summed E-state index contributed by atoms with van der Waals surface area (Å²) in [5.74, 6) is -0.210. The van der Waals surface area contributed by atoms with E-state index in [2.05, 4.69) is 25.2 Å². The van der Waals surface area contributed by atoms with E-state index in [0.29, 0.717) is 0 Å². The molecular formula is C20H22ClF3N6O3S. The Morgan fingerprint density at radius 3 is 2.35 bits per heavy atom. The quantitative estimate of drug-likeness (QED) is 0.376. The van der Waals surface area contributed by atoms with E-state index >= 15 is 0 Å². The van der Waals surface area contributed by atoms with Crippen molar-refractivity contribution >= 4 is 39.2 Å². The fourth-order valence-corrected chi connectivity index (χ4v) is 5.06. The summed E-state index contributed by atoms with van der Waals surface area (Å²) >= 11 is 6.27. The van der Waals surface area contributed by atoms with Gasteiger partial charge in [-0.25, -0.2) is 18.2 Å². The molecule has 184 valence electrons. The summed E-state index contributed by atoms with van der Waals surface area (Å²) in [4.78, 5) is 3.56. The van der Waals surface area contributed by atoms with E-state index in [-0.39, 0.29) is 44.4 Å². The molecule has 0 saturated heterocycles. The molecule has 0 saturated carbocycles. The highest BCUT2D eigenvalue weighted by Gasteiger charge is 2.36. The Morgan fingerprint density at radius 1 is 1.15 bits per heavy atom. The smallest absolute Gasteiger partial charge is 0.417 e. The van der Waals surface area contributed by atoms with Crippen LogP contribution in [0, 0.1) is 0 Å². The Kier molecular flexibility index (Phi) is 6.75. The predicted octanol–water partition coefficient (Wildman–Crippen LogP) is 4.56. The zero-order valence-electron chi connectivity index (χ0n) is 18.5. The van der Waals surface area contributed by atoms with Crippen LogP contribution in [0.1, 0.15) is 26.3 Å². The Balaban J connectivity index is 2.13. The van der Waals surface area contributed by atoms with Gasteiger partial charge in [0.25, 0.3) is 0 Å². The van der Waals surface area contributed by atoms with Crippen molar-refractivity contribution in [2.24, 2.45) is 0 Å². The van der Waals surface area contributed by atoms with Crippen LogP contribution in [0.4, 0.5) is 30.8 Å². The lowest BCUT2D eigenvalue weighted by Crippen LogP contribution is -2.40. The monoisotopic (exact) mass is 518 g/mol. The van der Waals surface area contributed by atoms with Crippen molar-refractivity contribution < 1.29 is 26.3 Å². The molecule has 0 amide bonds. The van der Waals surface area contributed by atoms with E-state index in [1.54, 1.807) is 20.8 Å². The van der Waals surface area contributed by atoms with E-state index < -0.39 is 27.3 Å². The van der Waals surface area contributed by atoms with Gasteiger partial charge in [-0.2, -0.15) is 18.2 Å². The van der Waals surface area contributed by atoms with Gasteiger partial charge in [0.05, 0.1) is 17.7 Å². The first kappa shape index (κ1) is 25.6. The fourth-order valence-electron chi connectivity index (χ4n) is 3.16. The number of benzene rings is 2. The van der Waals surface area contributed by atoms with E-state index in [1.165, 1.54) is 31.4 Å². The third-order valence-corrected chi connectivity index (χ3v) is 6.43. The molecule has 1 heterocycles. The summed E-state index contributed by atoms with van der Waals surface area (Å²) in [6, 6.07) is 5.69. The number of halogens is 4. The number of nitrogens with one attached hydrogen (secondary N) is 3. The first-order chi connectivity index (χ1) is 15.6. The molecule has 0 aliphatic rings. The van der Waals surface area contributed by atoms with E-state index in [1.807, 2.05) is 0 Å². The number of anilines is 3. The highest BCUT2D eigenvalue weighted by molar-refractivity contribution is 7.89. The van der Waals surface area contributed by atoms with E-state index in [4.69, 9.17) is 22.1 Å². The van der Waals surface area contributed by atoms with Gasteiger partial charge in [0.1, 0.15) is 10.6 Å². The molecule has 2 aromatic carbocycles. The zero-order valence-corrected chi connectivity index (χ0v) is 20.1. The number of nitrogens with zero attached hydrogens (tertiary/aromatic N) is 2. The highest BCUT2D eigenvalue weighted by atomic mass is 35.5. The van der Waals surface area contributed by atoms with Crippen molar-refractivity contribution in [3.05, 3.63) is 40.9 Å². The number of hydrogen-bond donors (Lipinski definition) is 4. The summed E-state index contributed by atoms with van der Waals surface area (Å²) < 4.78 is 75.2. The second-order valence-electron chi connectivity index (χ2n) is 8.27. The Morgan fingerprint density at radius 2 is 1.82 bits per heavy atom. The minimum Gasteiger partial charge on any atom is -0.495 e. The molecule has 5 N–H and O–H groups in total. The van der Waals surface area contributed by atoms with Crippen molar-refractivity contribution in [2.75, 3.05) is 18.2 Å². The summed E-state index contributed by atoms with van der Waals surface area (Å²) in [5, 5.41) is 8.43. The Labute approximate surface area is 198 Å². The lowest BCUT2D eigenvalue weighted by Gasteiger charge is -2.22. The number of nitrogens with two attached hydrogens (primary N) is 1. The lowest BCUT2D eigenvalue weighted by atomic mass is 9.98. The molecule has 0 radical (unpaired) electrons. The lowest BCUT2D eigenvalue weighted by molar-refractivity contribution is -0.137. The topological polar surface area (TPSA) is 135 Å². The van der Waals surface area contributed by atoms with Crippen molar-refractivity contribution in [2.45, 2.75) is 37.4 Å². The second-order valence-corrected chi connectivity index (χ2v) is 10.3. The normalized spacial score (nSPS) is 12.6. The number of ether oxygens (including phenoxy) is 1. The van der Waals surface area contributed by atoms with Gasteiger partial charge in [0, 0.05) is 16.8 Å². The van der Waals surface area contributed by atoms with Gasteiger partial charge in [0.2, 0.25) is 21.9 Å². The van der Waals surface area contributed by atoms with Gasteiger partial charge in [-0.05, 0) is 50.6 Å². The molecule has 0 aliphatic heterocycles. The molecule has 1 aromatic heterocycles. The maximum atomic E-state index is 14.0. The van der Waals surface area contributed by atoms with Crippen LogP contribution < -0.4 is 20.5 Å². The van der Waals surface area contributed by atoms with Crippen LogP contribution in [0.15, 0.2) is 35.2 Å². The minimum absolute atomic E-state index is 0.0116. The number of nitrogen functional groups attached to an aromatic ring is 1. The number of hydrogen-bond acceptors (Lipinski definition) is 7. The van der Waals surface area contributed by atoms with Crippen LogP contribution in [0.5, 0.6) is 5.75 Å². The average molecular weight is 519 g/mol. The molecule has 0 aliphatic carbocycles. The maximum absolute atomic E-state index is 14.0. The van der Waals surface area contributed by atoms with Crippen LogP contribution in [-0.4, -0.2) is 36.2 Å². The molecule has 0 atom stereocenters. The molecule has 0 fully saturated rings. The van der Waals surface area contributed by atoms with Crippen molar-refractivity contribution in [3.63, 3.8) is 0 Å². The Bertz CT molecular complexity index is 1320. The highest BCUT2D eigenvalue weighted by Crippen LogP contribution is 2.44. The number of aromatic amines is 1. The first-order valence-electron chi connectivity index (χ1n) is 9.69. The fraction of sp³-hybridized carbons (Fsp3) is 0.300. The second kappa shape index (κ2) is 8.96. The van der Waals surface area contributed by atoms with Crippen LogP contribution in [0.3, 0.4) is 0 Å². The summed E-state index contributed by atoms with van der Waals surface area (Å²) in [6.45, 7) is 4.97. The predicted molar refractivity (Wildman–Crippen MR) is 123 cm³/mol. The maximum Gasteiger partial charge on any atom is 0.417 e. The van der Waals surface area contributed by atoms with Gasteiger partial charge in [0.15, 0.2) is 0 Å². The largest absolute Gasteiger partial charge is 0.495 e. The molecule has 9 nitrogen and oxygen atoms in total. The number of sulfonamides is 1. The third kappa shape index (κ3) is 5.72. The van der Waals surface area contributed by atoms with E-state index in [0.717, 1.165) is 6.07 Å². The van der Waals surface area contributed by atoms with Crippen molar-refractivity contribution in [1.82, 2.24) is 19.9 Å². The molecular weight excluding hydrogens is 497 g/mol. The minimum atomic E-state index is -4.79. The molecule has 0 bridgehead atoms. The van der Waals surface area contributed by atoms with Crippen molar-refractivity contribution in [1.29, 1.82) is 0 Å². The van der Waals surface area contributed by atoms with Crippen LogP contribution in [0.25, 0.3) is 11.1 Å². The first-order valence-corrected chi connectivity index (χ1v) is 11.5. The van der Waals surface area contributed by atoms with Gasteiger partial charge in [-0.1, -0.05) is 17.7 Å². The standard InChI is InChI=1S/C20H22ClF3N6O3S/c1-19(2,3)30-34(31,32)15-6-5-10(7-14(15)33-4)16-12(20(22,23)24)8-11(9-13(16)21)26-18-27-17(25)28-29-18/h5-9,30H,1-4H3,(H4,25,26,27,28,29). The van der Waals surface area contributed by atoms with Crippen molar-refractivity contribution in [3.8, 4) is 16.9 Å². The molecule has 3 aromatic rings. The number of alkyl halides is 3. The number of aromatic nitrogens is 3. The molecule has 0 unspecified atom stereocenters. The van der Waals surface area contributed by atoms with Gasteiger partial charge < -0.3 is 15.8 Å². The summed E-state index contributed by atoms with van der Waals surface area (Å²) in [6.07, 6.45) is -4.79. The van der Waals surface area contributed by atoms with Crippen LogP contribution >= 0.6 is 11.6 Å². The molecule has 14 heteroatoms. The Hall–Kier alpha value is -3.03. The van der Waals surface area contributed by atoms with Gasteiger partial charge in [-0.15, -0.1) is 5.10 Å². The van der Waals surface area contributed by atoms with Crippen LogP contribution in [0.2, 0.25) is 5.02 Å². The third-order valence-electron chi connectivity index (χ3n) is 4.34. The number of methoxy groups -OCH3 is 1. The SMILES string of the molecule is COc1cc(-c2c(Cl)cc(Nc3n[nH]c(N)n3)cc2C(F)(F)F)ccc1S(=O)(=O)NC(C)(C)C. The number of rotatable bonds is 6. The summed E-state index contributed by atoms with van der Waals surface area (Å²) in [5.41, 5.74) is 3.22. The number of H-pyrrole nitrogens is 1. The van der Waals surface area contributed by atoms with Gasteiger partial charge >= 0.3 is 6.18 Å². The summed E-state index contributed by atoms with van der Waals surface area (Å²) in [7, 11) is -2.80. The van der Waals surface area contributed by atoms with Gasteiger partial charge in [-0.3, -0.25) is 0 Å². The average Bonchev–Trinajstić information content (AvgIpc) is 3.09.